The smallest absolute Gasteiger partial charge is 0.141 e. The number of Topliss-reactive ketones (excluding diaryl/α,β-unsaturated/α-hetero) is 1. The fraction of sp³-hybridized carbons (Fsp3) is 0.944. The van der Waals surface area contributed by atoms with Crippen LogP contribution in [0.5, 0.6) is 0 Å². The Labute approximate surface area is 122 Å². The predicted octanol–water partition coefficient (Wildman–Crippen LogP) is 3.57. The molecule has 2 nitrogen and oxygen atoms in total. The van der Waals surface area contributed by atoms with Gasteiger partial charge in [-0.05, 0) is 68.1 Å². The highest BCUT2D eigenvalue weighted by Gasteiger charge is 2.58. The summed E-state index contributed by atoms with van der Waals surface area (Å²) < 4.78 is 0. The summed E-state index contributed by atoms with van der Waals surface area (Å²) in [6, 6.07) is 0. The van der Waals surface area contributed by atoms with Crippen molar-refractivity contribution >= 4 is 5.78 Å². The second-order valence-electron chi connectivity index (χ2n) is 8.28. The molecule has 4 aliphatic rings. The van der Waals surface area contributed by atoms with Gasteiger partial charge in [0.1, 0.15) is 5.78 Å². The first kappa shape index (κ1) is 13.3. The van der Waals surface area contributed by atoms with Crippen LogP contribution in [-0.4, -0.2) is 17.0 Å². The number of aliphatic hydroxyl groups is 1. The van der Waals surface area contributed by atoms with Gasteiger partial charge in [0.15, 0.2) is 0 Å². The number of aliphatic hydroxyl groups excluding tert-OH is 1. The molecule has 7 atom stereocenters. The molecule has 2 heteroatoms. The van der Waals surface area contributed by atoms with Crippen molar-refractivity contribution in [3.05, 3.63) is 0 Å². The molecule has 4 rings (SSSR count). The molecule has 4 saturated carbocycles. The van der Waals surface area contributed by atoms with E-state index in [4.69, 9.17) is 0 Å². The van der Waals surface area contributed by atoms with Crippen LogP contribution >= 0.6 is 0 Å². The lowest BCUT2D eigenvalue weighted by Gasteiger charge is -2.57. The van der Waals surface area contributed by atoms with Gasteiger partial charge in [0, 0.05) is 11.8 Å². The molecule has 0 aromatic carbocycles. The third kappa shape index (κ3) is 1.70. The summed E-state index contributed by atoms with van der Waals surface area (Å²) in [5.74, 6) is 4.18. The molecule has 4 aliphatic carbocycles. The maximum absolute atomic E-state index is 12.7. The van der Waals surface area contributed by atoms with E-state index in [2.05, 4.69) is 6.92 Å². The summed E-state index contributed by atoms with van der Waals surface area (Å²) >= 11 is 0. The van der Waals surface area contributed by atoms with Gasteiger partial charge >= 0.3 is 0 Å². The number of ketones is 1. The molecule has 0 aromatic heterocycles. The molecule has 0 saturated heterocycles. The largest absolute Gasteiger partial charge is 0.393 e. The van der Waals surface area contributed by atoms with Crippen molar-refractivity contribution in [2.75, 3.05) is 0 Å². The number of hydrogen-bond donors (Lipinski definition) is 1. The van der Waals surface area contributed by atoms with Crippen LogP contribution in [0.25, 0.3) is 0 Å². The average molecular weight is 276 g/mol. The molecule has 0 bridgehead atoms. The zero-order valence-corrected chi connectivity index (χ0v) is 12.7. The van der Waals surface area contributed by atoms with E-state index in [1.165, 1.54) is 44.9 Å². The molecular weight excluding hydrogens is 248 g/mol. The Balaban J connectivity index is 1.66. The van der Waals surface area contributed by atoms with E-state index in [0.29, 0.717) is 24.0 Å². The number of hydrogen-bond acceptors (Lipinski definition) is 2. The molecule has 5 unspecified atom stereocenters. The van der Waals surface area contributed by atoms with E-state index in [0.717, 1.165) is 24.2 Å². The zero-order valence-electron chi connectivity index (χ0n) is 12.7. The molecule has 4 fully saturated rings. The van der Waals surface area contributed by atoms with Crippen LogP contribution in [0.15, 0.2) is 0 Å². The molecule has 1 N–H and O–H groups in total. The summed E-state index contributed by atoms with van der Waals surface area (Å²) in [6.45, 7) is 2.26. The van der Waals surface area contributed by atoms with E-state index < -0.39 is 0 Å². The Hall–Kier alpha value is -0.370. The van der Waals surface area contributed by atoms with Crippen LogP contribution < -0.4 is 0 Å². The van der Waals surface area contributed by atoms with Gasteiger partial charge in [-0.15, -0.1) is 0 Å². The molecule has 112 valence electrons. The molecular formula is C18H28O2. The lowest BCUT2D eigenvalue weighted by molar-refractivity contribution is -0.157. The summed E-state index contributed by atoms with van der Waals surface area (Å²) in [5, 5.41) is 9.96. The van der Waals surface area contributed by atoms with Crippen LogP contribution in [0, 0.1) is 35.0 Å². The Bertz CT molecular complexity index is 418. The maximum Gasteiger partial charge on any atom is 0.141 e. The van der Waals surface area contributed by atoms with E-state index >= 15 is 0 Å². The third-order valence-corrected chi connectivity index (χ3v) is 7.68. The topological polar surface area (TPSA) is 37.3 Å². The van der Waals surface area contributed by atoms with Crippen LogP contribution in [0.3, 0.4) is 0 Å². The van der Waals surface area contributed by atoms with Gasteiger partial charge in [-0.2, -0.15) is 0 Å². The van der Waals surface area contributed by atoms with Crippen LogP contribution in [0.1, 0.15) is 64.7 Å². The highest BCUT2D eigenvalue weighted by Crippen LogP contribution is 2.61. The quantitative estimate of drug-likeness (QED) is 0.734. The molecule has 0 aromatic rings. The molecule has 0 aliphatic heterocycles. The van der Waals surface area contributed by atoms with Crippen molar-refractivity contribution in [3.8, 4) is 0 Å². The van der Waals surface area contributed by atoms with E-state index in [9.17, 15) is 9.90 Å². The fourth-order valence-electron chi connectivity index (χ4n) is 6.69. The summed E-state index contributed by atoms with van der Waals surface area (Å²) in [6.07, 6.45) is 10.4. The van der Waals surface area contributed by atoms with Gasteiger partial charge in [0.2, 0.25) is 0 Å². The second kappa shape index (κ2) is 4.56. The van der Waals surface area contributed by atoms with Crippen molar-refractivity contribution in [2.24, 2.45) is 35.0 Å². The predicted molar refractivity (Wildman–Crippen MR) is 78.1 cm³/mol. The number of fused-ring (bicyclic) bond motifs is 5. The first-order valence-electron chi connectivity index (χ1n) is 8.82. The van der Waals surface area contributed by atoms with Gasteiger partial charge in [0.25, 0.3) is 0 Å². The van der Waals surface area contributed by atoms with Crippen molar-refractivity contribution in [1.82, 2.24) is 0 Å². The molecule has 0 radical (unpaired) electrons. The highest BCUT2D eigenvalue weighted by atomic mass is 16.3. The van der Waals surface area contributed by atoms with E-state index in [-0.39, 0.29) is 11.5 Å². The van der Waals surface area contributed by atoms with Crippen molar-refractivity contribution in [1.29, 1.82) is 0 Å². The normalized spacial score (nSPS) is 55.0. The second-order valence-corrected chi connectivity index (χ2v) is 8.28. The lowest BCUT2D eigenvalue weighted by atomic mass is 9.47. The molecule has 0 amide bonds. The third-order valence-electron chi connectivity index (χ3n) is 7.68. The van der Waals surface area contributed by atoms with Gasteiger partial charge in [-0.3, -0.25) is 4.79 Å². The van der Waals surface area contributed by atoms with Crippen LogP contribution in [-0.2, 0) is 4.79 Å². The van der Waals surface area contributed by atoms with Crippen molar-refractivity contribution in [2.45, 2.75) is 70.8 Å². The highest BCUT2D eigenvalue weighted by molar-refractivity contribution is 5.86. The van der Waals surface area contributed by atoms with Gasteiger partial charge in [0.05, 0.1) is 6.10 Å². The summed E-state index contributed by atoms with van der Waals surface area (Å²) in [5.41, 5.74) is -0.101. The summed E-state index contributed by atoms with van der Waals surface area (Å²) in [4.78, 5) is 12.7. The van der Waals surface area contributed by atoms with Gasteiger partial charge in [-0.1, -0.05) is 19.8 Å². The Morgan fingerprint density at radius 3 is 2.75 bits per heavy atom. The average Bonchev–Trinajstić information content (AvgIpc) is 2.89. The lowest BCUT2D eigenvalue weighted by Crippen LogP contribution is -2.56. The van der Waals surface area contributed by atoms with Gasteiger partial charge in [-0.25, -0.2) is 0 Å². The Morgan fingerprint density at radius 2 is 1.90 bits per heavy atom. The molecule has 0 heterocycles. The minimum absolute atomic E-state index is 0.101. The Morgan fingerprint density at radius 1 is 1.05 bits per heavy atom. The first-order chi connectivity index (χ1) is 9.60. The minimum Gasteiger partial charge on any atom is -0.393 e. The maximum atomic E-state index is 12.7. The van der Waals surface area contributed by atoms with Crippen molar-refractivity contribution in [3.63, 3.8) is 0 Å². The first-order valence-corrected chi connectivity index (χ1v) is 8.82. The fourth-order valence-corrected chi connectivity index (χ4v) is 6.69. The molecule has 20 heavy (non-hydrogen) atoms. The molecule has 0 spiro atoms. The van der Waals surface area contributed by atoms with Crippen LogP contribution in [0.2, 0.25) is 0 Å². The van der Waals surface area contributed by atoms with Crippen molar-refractivity contribution < 1.29 is 9.90 Å². The zero-order chi connectivity index (χ0) is 13.9. The number of rotatable bonds is 0. The van der Waals surface area contributed by atoms with E-state index in [1.807, 2.05) is 0 Å². The van der Waals surface area contributed by atoms with E-state index in [1.54, 1.807) is 0 Å². The number of carbonyl (C=O) groups excluding carboxylic acids is 1. The van der Waals surface area contributed by atoms with Crippen LogP contribution in [0.4, 0.5) is 0 Å². The SMILES string of the molecule is C[C@]12C(=O)C[C@@H](O)CC1CCC1C3CCCC3CCC12. The summed E-state index contributed by atoms with van der Waals surface area (Å²) in [7, 11) is 0. The number of carbonyl (C=O) groups is 1. The monoisotopic (exact) mass is 276 g/mol. The standard InChI is InChI=1S/C18H28O2/c1-18-12(9-13(19)10-17(18)20)6-7-15-14-4-2-3-11(14)5-8-16(15)18/h11-16,19H,2-10H2,1H3/t11?,12?,13-,14?,15?,16?,18-/m0/s1. The Kier molecular flexibility index (Phi) is 3.03. The van der Waals surface area contributed by atoms with Gasteiger partial charge < -0.3 is 5.11 Å². The minimum atomic E-state index is -0.361.